The largest absolute Gasteiger partial charge is 0.481 e. The summed E-state index contributed by atoms with van der Waals surface area (Å²) < 4.78 is 0. The highest BCUT2D eigenvalue weighted by atomic mass is 16.4. The quantitative estimate of drug-likeness (QED) is 0.640. The second-order valence-electron chi connectivity index (χ2n) is 5.33. The van der Waals surface area contributed by atoms with E-state index in [9.17, 15) is 14.4 Å². The third-order valence-electron chi connectivity index (χ3n) is 3.37. The topological polar surface area (TPSA) is 107 Å². The highest BCUT2D eigenvalue weighted by Gasteiger charge is 2.17. The first-order valence-electron chi connectivity index (χ1n) is 7.37. The molecule has 23 heavy (non-hydrogen) atoms. The van der Waals surface area contributed by atoms with Gasteiger partial charge in [-0.15, -0.1) is 0 Å². The Hall–Kier alpha value is -2.57. The van der Waals surface area contributed by atoms with Crippen LogP contribution in [-0.2, 0) is 16.0 Å². The van der Waals surface area contributed by atoms with Crippen LogP contribution < -0.4 is 5.32 Å². The molecule has 7 nitrogen and oxygen atoms in total. The molecule has 1 atom stereocenters. The van der Waals surface area contributed by atoms with Gasteiger partial charge in [0.15, 0.2) is 0 Å². The Morgan fingerprint density at radius 2 is 1.70 bits per heavy atom. The average Bonchev–Trinajstić information content (AvgIpc) is 2.51. The molecule has 0 spiro atoms. The van der Waals surface area contributed by atoms with Gasteiger partial charge in [-0.2, -0.15) is 0 Å². The maximum Gasteiger partial charge on any atom is 0.317 e. The van der Waals surface area contributed by atoms with Crippen molar-refractivity contribution in [3.05, 3.63) is 35.9 Å². The summed E-state index contributed by atoms with van der Waals surface area (Å²) in [6.07, 6.45) is 0.647. The van der Waals surface area contributed by atoms with Crippen LogP contribution in [0.2, 0.25) is 0 Å². The van der Waals surface area contributed by atoms with E-state index in [1.807, 2.05) is 30.3 Å². The second kappa shape index (κ2) is 9.45. The van der Waals surface area contributed by atoms with Gasteiger partial charge in [-0.25, -0.2) is 4.79 Å². The Morgan fingerprint density at radius 1 is 1.09 bits per heavy atom. The molecule has 0 bridgehead atoms. The van der Waals surface area contributed by atoms with E-state index in [0.717, 1.165) is 5.56 Å². The van der Waals surface area contributed by atoms with Crippen molar-refractivity contribution in [3.63, 3.8) is 0 Å². The molecule has 0 aromatic heterocycles. The lowest BCUT2D eigenvalue weighted by Gasteiger charge is -2.23. The number of hydrogen-bond donors (Lipinski definition) is 3. The van der Waals surface area contributed by atoms with E-state index in [4.69, 9.17) is 10.2 Å². The summed E-state index contributed by atoms with van der Waals surface area (Å²) in [6.45, 7) is 0.0954. The van der Waals surface area contributed by atoms with E-state index < -0.39 is 18.0 Å². The van der Waals surface area contributed by atoms with Gasteiger partial charge in [0, 0.05) is 26.1 Å². The van der Waals surface area contributed by atoms with Crippen molar-refractivity contribution in [2.75, 3.05) is 13.6 Å². The number of nitrogens with one attached hydrogen (secondary N) is 1. The van der Waals surface area contributed by atoms with E-state index in [-0.39, 0.29) is 25.4 Å². The number of hydrogen-bond acceptors (Lipinski definition) is 3. The zero-order valence-corrected chi connectivity index (χ0v) is 13.1. The molecule has 1 aromatic rings. The van der Waals surface area contributed by atoms with Crippen LogP contribution >= 0.6 is 0 Å². The number of urea groups is 1. The fourth-order valence-electron chi connectivity index (χ4n) is 2.07. The van der Waals surface area contributed by atoms with Crippen molar-refractivity contribution in [1.82, 2.24) is 10.2 Å². The SMILES string of the molecule is CN(CCC(=O)O)C(=O)NC(CCC(=O)O)Cc1ccccc1. The van der Waals surface area contributed by atoms with Gasteiger partial charge in [-0.3, -0.25) is 9.59 Å². The van der Waals surface area contributed by atoms with Gasteiger partial charge in [-0.05, 0) is 18.4 Å². The van der Waals surface area contributed by atoms with Crippen molar-refractivity contribution in [2.45, 2.75) is 31.7 Å². The predicted molar refractivity (Wildman–Crippen MR) is 84.2 cm³/mol. The highest BCUT2D eigenvalue weighted by molar-refractivity contribution is 5.75. The summed E-state index contributed by atoms with van der Waals surface area (Å²) in [5.41, 5.74) is 0.997. The lowest BCUT2D eigenvalue weighted by molar-refractivity contribution is -0.138. The predicted octanol–water partition coefficient (Wildman–Crippen LogP) is 1.58. The Morgan fingerprint density at radius 3 is 2.26 bits per heavy atom. The maximum absolute atomic E-state index is 12.1. The molecule has 0 heterocycles. The number of carbonyl (C=O) groups is 3. The van der Waals surface area contributed by atoms with E-state index in [1.165, 1.54) is 11.9 Å². The van der Waals surface area contributed by atoms with Gasteiger partial charge >= 0.3 is 18.0 Å². The first kappa shape index (κ1) is 18.5. The van der Waals surface area contributed by atoms with Gasteiger partial charge in [-0.1, -0.05) is 30.3 Å². The van der Waals surface area contributed by atoms with E-state index in [0.29, 0.717) is 12.8 Å². The molecule has 2 amide bonds. The smallest absolute Gasteiger partial charge is 0.317 e. The van der Waals surface area contributed by atoms with E-state index in [1.54, 1.807) is 0 Å². The number of aliphatic carboxylic acids is 2. The molecule has 1 rings (SSSR count). The summed E-state index contributed by atoms with van der Waals surface area (Å²) >= 11 is 0. The van der Waals surface area contributed by atoms with E-state index in [2.05, 4.69) is 5.32 Å². The molecule has 1 unspecified atom stereocenters. The minimum Gasteiger partial charge on any atom is -0.481 e. The summed E-state index contributed by atoms with van der Waals surface area (Å²) in [7, 11) is 1.51. The lowest BCUT2D eigenvalue weighted by atomic mass is 10.0. The average molecular weight is 322 g/mol. The molecule has 7 heteroatoms. The number of nitrogens with zero attached hydrogens (tertiary/aromatic N) is 1. The molecule has 3 N–H and O–H groups in total. The van der Waals surface area contributed by atoms with Crippen molar-refractivity contribution in [3.8, 4) is 0 Å². The summed E-state index contributed by atoms with van der Waals surface area (Å²) in [6, 6.07) is 8.73. The van der Waals surface area contributed by atoms with Crippen molar-refractivity contribution in [1.29, 1.82) is 0 Å². The number of rotatable bonds is 9. The van der Waals surface area contributed by atoms with Gasteiger partial charge in [0.1, 0.15) is 0 Å². The molecule has 1 aromatic carbocycles. The normalized spacial score (nSPS) is 11.5. The van der Waals surface area contributed by atoms with Gasteiger partial charge in [0.25, 0.3) is 0 Å². The summed E-state index contributed by atoms with van der Waals surface area (Å²) in [4.78, 5) is 34.7. The van der Waals surface area contributed by atoms with Gasteiger partial charge in [0.05, 0.1) is 6.42 Å². The number of carbonyl (C=O) groups excluding carboxylic acids is 1. The number of benzene rings is 1. The first-order chi connectivity index (χ1) is 10.9. The first-order valence-corrected chi connectivity index (χ1v) is 7.37. The third-order valence-corrected chi connectivity index (χ3v) is 3.37. The van der Waals surface area contributed by atoms with Gasteiger partial charge in [0.2, 0.25) is 0 Å². The van der Waals surface area contributed by atoms with Crippen LogP contribution in [0.5, 0.6) is 0 Å². The number of amides is 2. The Balaban J connectivity index is 2.62. The Labute approximate surface area is 134 Å². The number of carboxylic acid groups (broad SMARTS) is 2. The van der Waals surface area contributed by atoms with Crippen molar-refractivity contribution < 1.29 is 24.6 Å². The number of carboxylic acids is 2. The highest BCUT2D eigenvalue weighted by Crippen LogP contribution is 2.08. The maximum atomic E-state index is 12.1. The van der Waals surface area contributed by atoms with E-state index >= 15 is 0 Å². The van der Waals surface area contributed by atoms with Crippen LogP contribution in [0, 0.1) is 0 Å². The van der Waals surface area contributed by atoms with Crippen LogP contribution in [0.25, 0.3) is 0 Å². The zero-order valence-electron chi connectivity index (χ0n) is 13.1. The summed E-state index contributed by atoms with van der Waals surface area (Å²) in [5.74, 6) is -1.90. The molecular weight excluding hydrogens is 300 g/mol. The molecule has 0 fully saturated rings. The monoisotopic (exact) mass is 322 g/mol. The van der Waals surface area contributed by atoms with Crippen LogP contribution in [0.3, 0.4) is 0 Å². The standard InChI is InChI=1S/C16H22N2O5/c1-18(10-9-15(21)22)16(23)17-13(7-8-14(19)20)11-12-5-3-2-4-6-12/h2-6,13H,7-11H2,1H3,(H,17,23)(H,19,20)(H,21,22). The minimum absolute atomic E-state index is 0.0450. The molecule has 0 saturated carbocycles. The van der Waals surface area contributed by atoms with Crippen LogP contribution in [0.1, 0.15) is 24.8 Å². The molecule has 0 aliphatic carbocycles. The molecule has 0 aliphatic heterocycles. The third kappa shape index (κ3) is 7.85. The molecule has 0 radical (unpaired) electrons. The fourth-order valence-corrected chi connectivity index (χ4v) is 2.07. The fraction of sp³-hybridized carbons (Fsp3) is 0.438. The Bertz CT molecular complexity index is 533. The lowest BCUT2D eigenvalue weighted by Crippen LogP contribution is -2.44. The zero-order chi connectivity index (χ0) is 17.2. The molecule has 0 aliphatic rings. The van der Waals surface area contributed by atoms with Crippen molar-refractivity contribution >= 4 is 18.0 Å². The van der Waals surface area contributed by atoms with Crippen molar-refractivity contribution in [2.24, 2.45) is 0 Å². The minimum atomic E-state index is -0.976. The Kier molecular flexibility index (Phi) is 7.59. The van der Waals surface area contributed by atoms with Crippen LogP contribution in [-0.4, -0.2) is 52.7 Å². The molecular formula is C16H22N2O5. The van der Waals surface area contributed by atoms with Crippen LogP contribution in [0.4, 0.5) is 4.79 Å². The summed E-state index contributed by atoms with van der Waals surface area (Å²) in [5, 5.41) is 20.2. The van der Waals surface area contributed by atoms with Gasteiger partial charge < -0.3 is 20.4 Å². The second-order valence-corrected chi connectivity index (χ2v) is 5.33. The van der Waals surface area contributed by atoms with Crippen LogP contribution in [0.15, 0.2) is 30.3 Å². The molecule has 0 saturated heterocycles. The molecule has 126 valence electrons.